The van der Waals surface area contributed by atoms with Gasteiger partial charge in [-0.15, -0.1) is 0 Å². The molecule has 1 atom stereocenters. The molecule has 1 aromatic carbocycles. The number of hydrogen-bond acceptors (Lipinski definition) is 2. The molecule has 2 rings (SSSR count). The Hall–Kier alpha value is -0.860. The van der Waals surface area contributed by atoms with Gasteiger partial charge in [-0.25, -0.2) is 0 Å². The fourth-order valence-electron chi connectivity index (χ4n) is 2.69. The van der Waals surface area contributed by atoms with E-state index in [4.69, 9.17) is 0 Å². The van der Waals surface area contributed by atoms with Crippen LogP contribution in [0.15, 0.2) is 18.2 Å². The van der Waals surface area contributed by atoms with Crippen molar-refractivity contribution in [2.24, 2.45) is 0 Å². The van der Waals surface area contributed by atoms with E-state index in [1.165, 1.54) is 23.1 Å². The summed E-state index contributed by atoms with van der Waals surface area (Å²) >= 11 is 0. The third kappa shape index (κ3) is 2.13. The average molecular weight is 218 g/mol. The second kappa shape index (κ2) is 4.56. The Balaban J connectivity index is 2.28. The van der Waals surface area contributed by atoms with Crippen LogP contribution in [0, 0.1) is 0 Å². The molecule has 0 saturated carbocycles. The molecule has 1 aliphatic rings. The van der Waals surface area contributed by atoms with Gasteiger partial charge >= 0.3 is 0 Å². The lowest BCUT2D eigenvalue weighted by molar-refractivity contribution is 0.291. The molecule has 1 heterocycles. The van der Waals surface area contributed by atoms with Crippen molar-refractivity contribution in [2.45, 2.75) is 32.5 Å². The Morgan fingerprint density at radius 3 is 2.56 bits per heavy atom. The first kappa shape index (κ1) is 11.6. The van der Waals surface area contributed by atoms with Crippen LogP contribution >= 0.6 is 0 Å². The smallest absolute Gasteiger partial charge is 0.0339 e. The Morgan fingerprint density at radius 1 is 1.25 bits per heavy atom. The summed E-state index contributed by atoms with van der Waals surface area (Å²) in [5.41, 5.74) is 4.47. The highest BCUT2D eigenvalue weighted by Crippen LogP contribution is 2.28. The first-order valence-electron chi connectivity index (χ1n) is 6.08. The maximum absolute atomic E-state index is 2.40. The molecule has 16 heavy (non-hydrogen) atoms. The van der Waals surface area contributed by atoms with Gasteiger partial charge in [-0.05, 0) is 44.3 Å². The minimum atomic E-state index is 0.552. The van der Waals surface area contributed by atoms with Crippen molar-refractivity contribution < 1.29 is 0 Å². The molecule has 0 bridgehead atoms. The second-order valence-electron chi connectivity index (χ2n) is 5.09. The van der Waals surface area contributed by atoms with Crippen LogP contribution in [-0.4, -0.2) is 30.9 Å². The largest absolute Gasteiger partial charge is 0.302 e. The van der Waals surface area contributed by atoms with Gasteiger partial charge in [0.25, 0.3) is 0 Å². The minimum Gasteiger partial charge on any atom is -0.302 e. The fourth-order valence-corrected chi connectivity index (χ4v) is 2.69. The second-order valence-corrected chi connectivity index (χ2v) is 5.09. The van der Waals surface area contributed by atoms with Crippen molar-refractivity contribution in [2.75, 3.05) is 21.1 Å². The highest BCUT2D eigenvalue weighted by Gasteiger charge is 2.18. The zero-order valence-corrected chi connectivity index (χ0v) is 10.8. The Labute approximate surface area is 98.9 Å². The topological polar surface area (TPSA) is 6.48 Å². The molecule has 0 radical (unpaired) electrons. The predicted octanol–water partition coefficient (Wildman–Crippen LogP) is 2.64. The van der Waals surface area contributed by atoms with Crippen LogP contribution in [-0.2, 0) is 13.1 Å². The van der Waals surface area contributed by atoms with E-state index in [9.17, 15) is 0 Å². The van der Waals surface area contributed by atoms with Crippen molar-refractivity contribution in [3.63, 3.8) is 0 Å². The molecular formula is C14H22N2. The summed E-state index contributed by atoms with van der Waals surface area (Å²) in [6.07, 6.45) is 1.17. The molecule has 2 heteroatoms. The van der Waals surface area contributed by atoms with Gasteiger partial charge < -0.3 is 4.90 Å². The zero-order valence-electron chi connectivity index (χ0n) is 10.8. The maximum atomic E-state index is 2.40. The van der Waals surface area contributed by atoms with Gasteiger partial charge in [-0.1, -0.05) is 25.1 Å². The standard InChI is InChI=1S/C14H22N2/c1-5-14(15(2)3)11-6-7-12-9-16(4)10-13(12)8-11/h6-8,14H,5,9-10H2,1-4H3. The zero-order chi connectivity index (χ0) is 11.7. The number of hydrogen-bond donors (Lipinski definition) is 0. The molecule has 0 aliphatic carbocycles. The van der Waals surface area contributed by atoms with Gasteiger partial charge in [0.1, 0.15) is 0 Å². The molecule has 88 valence electrons. The summed E-state index contributed by atoms with van der Waals surface area (Å²) in [7, 11) is 6.50. The Bertz CT molecular complexity index is 371. The molecular weight excluding hydrogens is 196 g/mol. The quantitative estimate of drug-likeness (QED) is 0.769. The third-order valence-electron chi connectivity index (χ3n) is 3.51. The van der Waals surface area contributed by atoms with Crippen LogP contribution in [0.5, 0.6) is 0 Å². The summed E-state index contributed by atoms with van der Waals surface area (Å²) in [5, 5.41) is 0. The molecule has 0 N–H and O–H groups in total. The van der Waals surface area contributed by atoms with Crippen molar-refractivity contribution in [3.05, 3.63) is 34.9 Å². The molecule has 0 aromatic heterocycles. The lowest BCUT2D eigenvalue weighted by Gasteiger charge is -2.23. The number of nitrogens with zero attached hydrogens (tertiary/aromatic N) is 2. The lowest BCUT2D eigenvalue weighted by Crippen LogP contribution is -2.19. The molecule has 1 aromatic rings. The summed E-state index contributed by atoms with van der Waals surface area (Å²) < 4.78 is 0. The summed E-state index contributed by atoms with van der Waals surface area (Å²) in [6, 6.07) is 7.55. The van der Waals surface area contributed by atoms with Gasteiger partial charge in [0.05, 0.1) is 0 Å². The van der Waals surface area contributed by atoms with E-state index < -0.39 is 0 Å². The lowest BCUT2D eigenvalue weighted by atomic mass is 9.99. The molecule has 2 nitrogen and oxygen atoms in total. The first-order chi connectivity index (χ1) is 7.61. The van der Waals surface area contributed by atoms with E-state index in [0.29, 0.717) is 6.04 Å². The van der Waals surface area contributed by atoms with Crippen molar-refractivity contribution >= 4 is 0 Å². The molecule has 1 aliphatic heterocycles. The van der Waals surface area contributed by atoms with E-state index in [1.54, 1.807) is 0 Å². The summed E-state index contributed by atoms with van der Waals surface area (Å²) in [6.45, 7) is 4.46. The number of benzene rings is 1. The Kier molecular flexibility index (Phi) is 3.31. The predicted molar refractivity (Wildman–Crippen MR) is 68.3 cm³/mol. The van der Waals surface area contributed by atoms with E-state index in [1.807, 2.05) is 0 Å². The van der Waals surface area contributed by atoms with Gasteiger partial charge in [0.15, 0.2) is 0 Å². The Morgan fingerprint density at radius 2 is 1.94 bits per heavy atom. The average Bonchev–Trinajstić information content (AvgIpc) is 2.57. The highest BCUT2D eigenvalue weighted by atomic mass is 15.1. The molecule has 1 unspecified atom stereocenters. The van der Waals surface area contributed by atoms with Crippen molar-refractivity contribution in [1.82, 2.24) is 9.80 Å². The molecule has 0 amide bonds. The van der Waals surface area contributed by atoms with Crippen LogP contribution in [0.1, 0.15) is 36.1 Å². The van der Waals surface area contributed by atoms with Crippen LogP contribution in [0.3, 0.4) is 0 Å². The fraction of sp³-hybridized carbons (Fsp3) is 0.571. The first-order valence-corrected chi connectivity index (χ1v) is 6.08. The normalized spacial score (nSPS) is 17.8. The van der Waals surface area contributed by atoms with Crippen LogP contribution in [0.25, 0.3) is 0 Å². The maximum Gasteiger partial charge on any atom is 0.0339 e. The van der Waals surface area contributed by atoms with Gasteiger partial charge in [-0.3, -0.25) is 4.90 Å². The number of fused-ring (bicyclic) bond motifs is 1. The molecule has 0 saturated heterocycles. The third-order valence-corrected chi connectivity index (χ3v) is 3.51. The highest BCUT2D eigenvalue weighted by molar-refractivity contribution is 5.36. The summed E-state index contributed by atoms with van der Waals surface area (Å²) in [5.74, 6) is 0. The van der Waals surface area contributed by atoms with Gasteiger partial charge in [-0.2, -0.15) is 0 Å². The molecule has 0 spiro atoms. The number of rotatable bonds is 3. The van der Waals surface area contributed by atoms with Crippen molar-refractivity contribution in [3.8, 4) is 0 Å². The van der Waals surface area contributed by atoms with Crippen molar-refractivity contribution in [1.29, 1.82) is 0 Å². The van der Waals surface area contributed by atoms with E-state index >= 15 is 0 Å². The minimum absolute atomic E-state index is 0.552. The van der Waals surface area contributed by atoms with E-state index in [0.717, 1.165) is 13.1 Å². The van der Waals surface area contributed by atoms with Gasteiger partial charge in [0.2, 0.25) is 0 Å². The van der Waals surface area contributed by atoms with Crippen LogP contribution in [0.4, 0.5) is 0 Å². The van der Waals surface area contributed by atoms with Crippen LogP contribution in [0.2, 0.25) is 0 Å². The van der Waals surface area contributed by atoms with E-state index in [-0.39, 0.29) is 0 Å². The SMILES string of the molecule is CCC(c1ccc2c(c1)CN(C)C2)N(C)C. The van der Waals surface area contributed by atoms with E-state index in [2.05, 4.69) is 56.1 Å². The monoisotopic (exact) mass is 218 g/mol. The molecule has 0 fully saturated rings. The summed E-state index contributed by atoms with van der Waals surface area (Å²) in [4.78, 5) is 4.67. The van der Waals surface area contributed by atoms with Crippen LogP contribution < -0.4 is 0 Å². The van der Waals surface area contributed by atoms with Gasteiger partial charge in [0, 0.05) is 19.1 Å².